The van der Waals surface area contributed by atoms with E-state index in [4.69, 9.17) is 0 Å². The van der Waals surface area contributed by atoms with Crippen LogP contribution >= 0.6 is 0 Å². The van der Waals surface area contributed by atoms with E-state index >= 15 is 0 Å². The van der Waals surface area contributed by atoms with Gasteiger partial charge in [0.25, 0.3) is 5.91 Å². The number of hydrogen-bond donors (Lipinski definition) is 5. The normalized spacial score (nSPS) is 9.79. The fourth-order valence-corrected chi connectivity index (χ4v) is 2.51. The monoisotopic (exact) mass is 389 g/mol. The molecule has 0 unspecified atom stereocenters. The van der Waals surface area contributed by atoms with Gasteiger partial charge in [-0.25, -0.2) is 4.79 Å². The number of urea groups is 1. The molecule has 0 saturated carbocycles. The molecule has 4 amide bonds. The lowest BCUT2D eigenvalue weighted by Gasteiger charge is -2.11. The van der Waals surface area contributed by atoms with Gasteiger partial charge in [0, 0.05) is 22.6 Å². The van der Waals surface area contributed by atoms with Crippen molar-refractivity contribution in [3.63, 3.8) is 0 Å². The Labute approximate surface area is 167 Å². The third-order valence-electron chi connectivity index (χ3n) is 3.83. The van der Waals surface area contributed by atoms with E-state index in [2.05, 4.69) is 26.8 Å². The average molecular weight is 389 g/mol. The quantitative estimate of drug-likeness (QED) is 0.314. The lowest BCUT2D eigenvalue weighted by molar-refractivity contribution is -0.109. The predicted octanol–water partition coefficient (Wildman–Crippen LogP) is 3.66. The number of benzene rings is 3. The summed E-state index contributed by atoms with van der Waals surface area (Å²) >= 11 is 0. The van der Waals surface area contributed by atoms with Gasteiger partial charge >= 0.3 is 6.03 Å². The Morgan fingerprint density at radius 2 is 1.28 bits per heavy atom. The third kappa shape index (κ3) is 5.83. The molecule has 3 aromatic carbocycles. The van der Waals surface area contributed by atoms with Crippen molar-refractivity contribution in [3.05, 3.63) is 84.4 Å². The molecular formula is C21H19N5O3. The molecule has 0 saturated heterocycles. The number of carbonyl (C=O) groups excluding carboxylic acids is 3. The molecule has 0 spiro atoms. The van der Waals surface area contributed by atoms with Crippen molar-refractivity contribution in [1.82, 2.24) is 5.43 Å². The smallest absolute Gasteiger partial charge is 0.322 e. The Morgan fingerprint density at radius 1 is 0.655 bits per heavy atom. The van der Waals surface area contributed by atoms with Crippen molar-refractivity contribution in [2.75, 3.05) is 21.4 Å². The molecule has 8 nitrogen and oxygen atoms in total. The zero-order valence-electron chi connectivity index (χ0n) is 15.3. The highest BCUT2D eigenvalue weighted by Crippen LogP contribution is 2.17. The molecule has 0 heterocycles. The Bertz CT molecular complexity index is 991. The Morgan fingerprint density at radius 3 is 1.97 bits per heavy atom. The highest BCUT2D eigenvalue weighted by Gasteiger charge is 2.07. The van der Waals surface area contributed by atoms with Crippen LogP contribution in [0.3, 0.4) is 0 Å². The molecule has 0 aliphatic heterocycles. The number of nitrogens with one attached hydrogen (secondary N) is 5. The van der Waals surface area contributed by atoms with Gasteiger partial charge in [-0.3, -0.25) is 20.4 Å². The van der Waals surface area contributed by atoms with Crippen LogP contribution in [0.4, 0.5) is 27.5 Å². The second-order valence-corrected chi connectivity index (χ2v) is 5.94. The van der Waals surface area contributed by atoms with Gasteiger partial charge in [0.1, 0.15) is 0 Å². The molecule has 0 radical (unpaired) electrons. The molecule has 0 bridgehead atoms. The molecule has 5 N–H and O–H groups in total. The summed E-state index contributed by atoms with van der Waals surface area (Å²) in [7, 11) is 0. The van der Waals surface area contributed by atoms with Crippen molar-refractivity contribution < 1.29 is 14.4 Å². The van der Waals surface area contributed by atoms with Gasteiger partial charge in [-0.1, -0.05) is 24.3 Å². The van der Waals surface area contributed by atoms with E-state index in [-0.39, 0.29) is 5.91 Å². The maximum Gasteiger partial charge on any atom is 0.323 e. The van der Waals surface area contributed by atoms with Crippen LogP contribution in [0.25, 0.3) is 0 Å². The van der Waals surface area contributed by atoms with Crippen LogP contribution in [-0.4, -0.2) is 18.3 Å². The van der Waals surface area contributed by atoms with Crippen molar-refractivity contribution in [2.45, 2.75) is 0 Å². The molecule has 8 heteroatoms. The van der Waals surface area contributed by atoms with E-state index in [1.807, 2.05) is 6.07 Å². The van der Waals surface area contributed by atoms with Crippen LogP contribution < -0.4 is 26.8 Å². The van der Waals surface area contributed by atoms with Gasteiger partial charge in [-0.15, -0.1) is 0 Å². The first-order valence-corrected chi connectivity index (χ1v) is 8.74. The second-order valence-electron chi connectivity index (χ2n) is 5.94. The first kappa shape index (κ1) is 19.4. The van der Waals surface area contributed by atoms with E-state index in [0.717, 1.165) is 0 Å². The fourth-order valence-electron chi connectivity index (χ4n) is 2.51. The topological polar surface area (TPSA) is 111 Å². The molecule has 3 aromatic rings. The maximum atomic E-state index is 12.2. The minimum atomic E-state index is -0.428. The van der Waals surface area contributed by atoms with E-state index in [0.29, 0.717) is 34.7 Å². The lowest BCUT2D eigenvalue weighted by atomic mass is 10.2. The summed E-state index contributed by atoms with van der Waals surface area (Å²) in [6.45, 7) is 0. The lowest BCUT2D eigenvalue weighted by Crippen LogP contribution is -2.20. The van der Waals surface area contributed by atoms with E-state index < -0.39 is 6.03 Å². The van der Waals surface area contributed by atoms with Crippen LogP contribution in [0.5, 0.6) is 0 Å². The van der Waals surface area contributed by atoms with Crippen LogP contribution in [0.15, 0.2) is 78.9 Å². The molecule has 0 aliphatic rings. The Kier molecular flexibility index (Phi) is 6.41. The van der Waals surface area contributed by atoms with E-state index in [1.165, 1.54) is 0 Å². The molecule has 0 atom stereocenters. The molecule has 29 heavy (non-hydrogen) atoms. The van der Waals surface area contributed by atoms with E-state index in [9.17, 15) is 14.4 Å². The van der Waals surface area contributed by atoms with E-state index in [1.54, 1.807) is 72.8 Å². The van der Waals surface area contributed by atoms with Gasteiger partial charge in [0.15, 0.2) is 0 Å². The molecule has 0 aliphatic carbocycles. The van der Waals surface area contributed by atoms with Crippen LogP contribution in [0.1, 0.15) is 10.4 Å². The Hall–Kier alpha value is -4.33. The number of anilines is 4. The summed E-state index contributed by atoms with van der Waals surface area (Å²) in [5, 5.41) is 8.22. The van der Waals surface area contributed by atoms with Crippen LogP contribution in [0.2, 0.25) is 0 Å². The highest BCUT2D eigenvalue weighted by atomic mass is 16.2. The minimum Gasteiger partial charge on any atom is -0.322 e. The number of amides is 4. The van der Waals surface area contributed by atoms with Gasteiger partial charge in [-0.05, 0) is 54.6 Å². The van der Waals surface area contributed by atoms with Crippen molar-refractivity contribution in [3.8, 4) is 0 Å². The van der Waals surface area contributed by atoms with Crippen LogP contribution in [0, 0.1) is 0 Å². The summed E-state index contributed by atoms with van der Waals surface area (Å²) in [5.41, 5.74) is 7.88. The summed E-state index contributed by atoms with van der Waals surface area (Å²) in [6, 6.07) is 22.1. The van der Waals surface area contributed by atoms with Crippen molar-refractivity contribution in [2.24, 2.45) is 0 Å². The molecular weight excluding hydrogens is 370 g/mol. The molecule has 0 aromatic heterocycles. The first-order chi connectivity index (χ1) is 14.1. The first-order valence-electron chi connectivity index (χ1n) is 8.74. The molecule has 146 valence electrons. The minimum absolute atomic E-state index is 0.232. The largest absolute Gasteiger partial charge is 0.323 e. The van der Waals surface area contributed by atoms with Gasteiger partial charge in [-0.2, -0.15) is 0 Å². The summed E-state index contributed by atoms with van der Waals surface area (Å²) in [6.07, 6.45) is 0.524. The zero-order chi connectivity index (χ0) is 20.5. The highest BCUT2D eigenvalue weighted by molar-refractivity contribution is 6.05. The fraction of sp³-hybridized carbons (Fsp3) is 0. The number of rotatable bonds is 7. The molecule has 3 rings (SSSR count). The third-order valence-corrected chi connectivity index (χ3v) is 3.83. The second kappa shape index (κ2) is 9.56. The average Bonchev–Trinajstić information content (AvgIpc) is 2.74. The van der Waals surface area contributed by atoms with Gasteiger partial charge in [0.05, 0.1) is 5.69 Å². The van der Waals surface area contributed by atoms with Crippen molar-refractivity contribution >= 4 is 41.1 Å². The standard InChI is InChI=1S/C21H19N5O3/c27-14-22-26-17-11-9-16(10-12-17)24-21(29)25-19-8-4-7-18(13-19)23-20(28)15-5-2-1-3-6-15/h1-14,26H,(H,22,27)(H,23,28)(H2,24,25,29). The summed E-state index contributed by atoms with van der Waals surface area (Å²) < 4.78 is 0. The zero-order valence-corrected chi connectivity index (χ0v) is 15.3. The number of hydrazine groups is 1. The Balaban J connectivity index is 1.57. The summed E-state index contributed by atoms with van der Waals surface area (Å²) in [4.78, 5) is 34.7. The van der Waals surface area contributed by atoms with Crippen LogP contribution in [-0.2, 0) is 4.79 Å². The maximum absolute atomic E-state index is 12.2. The van der Waals surface area contributed by atoms with Gasteiger partial charge in [0.2, 0.25) is 6.41 Å². The molecule has 0 fully saturated rings. The van der Waals surface area contributed by atoms with Crippen molar-refractivity contribution in [1.29, 1.82) is 0 Å². The SMILES string of the molecule is O=CNNc1ccc(NC(=O)Nc2cccc(NC(=O)c3ccccc3)c2)cc1. The summed E-state index contributed by atoms with van der Waals surface area (Å²) in [5.74, 6) is -0.232. The number of hydrogen-bond acceptors (Lipinski definition) is 4. The number of carbonyl (C=O) groups is 3. The van der Waals surface area contributed by atoms with Gasteiger partial charge < -0.3 is 16.0 Å². The predicted molar refractivity (Wildman–Crippen MR) is 113 cm³/mol.